The summed E-state index contributed by atoms with van der Waals surface area (Å²) >= 11 is 0. The van der Waals surface area contributed by atoms with Crippen molar-refractivity contribution in [1.82, 2.24) is 14.7 Å². The van der Waals surface area contributed by atoms with E-state index >= 15 is 0 Å². The molecule has 2 aromatic carbocycles. The number of rotatable bonds is 14. The Morgan fingerprint density at radius 1 is 0.917 bits per heavy atom. The van der Waals surface area contributed by atoms with E-state index in [1.165, 1.54) is 0 Å². The van der Waals surface area contributed by atoms with E-state index in [4.69, 9.17) is 19.3 Å². The minimum absolute atomic E-state index is 0.318. The third kappa shape index (κ3) is 8.08. The number of aryl methyl sites for hydroxylation is 1. The predicted octanol–water partition coefficient (Wildman–Crippen LogP) is 5.38. The number of methoxy groups -OCH3 is 1. The number of aliphatic hydroxyl groups excluding tert-OH is 1. The van der Waals surface area contributed by atoms with Crippen LogP contribution < -0.4 is 9.47 Å². The fourth-order valence-corrected chi connectivity index (χ4v) is 4.16. The van der Waals surface area contributed by atoms with Crippen molar-refractivity contribution in [2.24, 2.45) is 18.9 Å². The van der Waals surface area contributed by atoms with Gasteiger partial charge in [0.2, 0.25) is 5.88 Å². The zero-order valence-electron chi connectivity index (χ0n) is 22.5. The fourth-order valence-electron chi connectivity index (χ4n) is 4.16. The summed E-state index contributed by atoms with van der Waals surface area (Å²) < 4.78 is 19.3. The van der Waals surface area contributed by atoms with Gasteiger partial charge in [-0.25, -0.2) is 4.68 Å². The van der Waals surface area contributed by atoms with Gasteiger partial charge >= 0.3 is 0 Å². The maximum absolute atomic E-state index is 10.7. The van der Waals surface area contributed by atoms with E-state index in [2.05, 4.69) is 44.7 Å². The van der Waals surface area contributed by atoms with E-state index in [1.807, 2.05) is 49.5 Å². The van der Waals surface area contributed by atoms with Crippen LogP contribution in [0.5, 0.6) is 17.4 Å². The van der Waals surface area contributed by atoms with Crippen LogP contribution in [-0.2, 0) is 18.3 Å². The summed E-state index contributed by atoms with van der Waals surface area (Å²) in [6.07, 6.45) is -0.581. The van der Waals surface area contributed by atoms with Crippen molar-refractivity contribution < 1.29 is 19.3 Å². The number of nitrogens with zero attached hydrogens (tertiary/aromatic N) is 3. The van der Waals surface area contributed by atoms with Crippen LogP contribution in [0.2, 0.25) is 0 Å². The summed E-state index contributed by atoms with van der Waals surface area (Å²) in [7, 11) is 3.54. The van der Waals surface area contributed by atoms with Gasteiger partial charge in [0.25, 0.3) is 0 Å². The van der Waals surface area contributed by atoms with Crippen LogP contribution in [0.3, 0.4) is 0 Å². The number of hydrogen-bond acceptors (Lipinski definition) is 6. The largest absolute Gasteiger partial charge is 0.497 e. The number of ether oxygens (including phenoxy) is 3. The average Bonchev–Trinajstić information content (AvgIpc) is 3.14. The lowest BCUT2D eigenvalue weighted by Crippen LogP contribution is -2.37. The molecule has 7 heteroatoms. The van der Waals surface area contributed by atoms with E-state index in [9.17, 15) is 5.11 Å². The van der Waals surface area contributed by atoms with E-state index in [0.717, 1.165) is 29.1 Å². The molecule has 1 aromatic heterocycles. The molecular weight excluding hydrogens is 454 g/mol. The molecule has 3 rings (SSSR count). The van der Waals surface area contributed by atoms with Gasteiger partial charge in [0.1, 0.15) is 17.2 Å². The lowest BCUT2D eigenvalue weighted by molar-refractivity contribution is 0.00516. The second-order valence-electron chi connectivity index (χ2n) is 10.1. The topological polar surface area (TPSA) is 69.0 Å². The molecule has 0 fully saturated rings. The van der Waals surface area contributed by atoms with E-state index in [-0.39, 0.29) is 0 Å². The monoisotopic (exact) mass is 495 g/mol. The second kappa shape index (κ2) is 13.4. The van der Waals surface area contributed by atoms with Gasteiger partial charge in [0, 0.05) is 44.9 Å². The summed E-state index contributed by atoms with van der Waals surface area (Å²) in [6.45, 7) is 11.4. The Morgan fingerprint density at radius 2 is 1.64 bits per heavy atom. The Morgan fingerprint density at radius 3 is 2.31 bits per heavy atom. The molecule has 1 heterocycles. The van der Waals surface area contributed by atoms with Gasteiger partial charge in [-0.2, -0.15) is 5.10 Å². The fraction of sp³-hybridized carbons (Fsp3) is 0.483. The molecule has 0 aliphatic rings. The van der Waals surface area contributed by atoms with Gasteiger partial charge in [-0.1, -0.05) is 64.1 Å². The first-order valence-corrected chi connectivity index (χ1v) is 12.7. The summed E-state index contributed by atoms with van der Waals surface area (Å²) in [6, 6.07) is 17.7. The zero-order valence-corrected chi connectivity index (χ0v) is 22.5. The molecule has 0 radical (unpaired) electrons. The first kappa shape index (κ1) is 27.7. The van der Waals surface area contributed by atoms with Crippen LogP contribution in [0.15, 0.2) is 54.6 Å². The molecule has 1 N–H and O–H groups in total. The molecule has 36 heavy (non-hydrogen) atoms. The molecule has 196 valence electrons. The summed E-state index contributed by atoms with van der Waals surface area (Å²) in [4.78, 5) is 2.26. The SMILES string of the molecule is COc1cccc(Oc2c(CN(CC(C)C)CC(O)COCC(C)C)c(-c3ccccc3)nn2C)c1. The number of aliphatic hydroxyl groups is 1. The minimum atomic E-state index is -0.581. The van der Waals surface area contributed by atoms with Gasteiger partial charge < -0.3 is 19.3 Å². The molecule has 0 spiro atoms. The Bertz CT molecular complexity index is 1070. The van der Waals surface area contributed by atoms with E-state index in [0.29, 0.717) is 49.8 Å². The maximum atomic E-state index is 10.7. The van der Waals surface area contributed by atoms with Crippen molar-refractivity contribution in [3.05, 3.63) is 60.2 Å². The van der Waals surface area contributed by atoms with Gasteiger partial charge in [0.05, 0.1) is 25.4 Å². The molecule has 0 amide bonds. The summed E-state index contributed by atoms with van der Waals surface area (Å²) in [5.41, 5.74) is 2.87. The van der Waals surface area contributed by atoms with Crippen molar-refractivity contribution in [3.8, 4) is 28.6 Å². The standard InChI is InChI=1S/C29H41N3O4/c1-21(2)16-32(17-24(33)20-35-19-22(3)4)18-27-28(23-11-8-7-9-12-23)30-31(5)29(27)36-26-14-10-13-25(15-26)34-6/h7-15,21-22,24,33H,16-20H2,1-6H3. The van der Waals surface area contributed by atoms with Crippen molar-refractivity contribution >= 4 is 0 Å². The average molecular weight is 496 g/mol. The van der Waals surface area contributed by atoms with E-state index in [1.54, 1.807) is 11.8 Å². The Hall–Kier alpha value is -2.87. The highest BCUT2D eigenvalue weighted by Crippen LogP contribution is 2.35. The molecule has 0 saturated heterocycles. The first-order chi connectivity index (χ1) is 17.3. The van der Waals surface area contributed by atoms with Gasteiger partial charge in [-0.05, 0) is 24.0 Å². The van der Waals surface area contributed by atoms with Gasteiger partial charge in [-0.3, -0.25) is 4.90 Å². The van der Waals surface area contributed by atoms with Crippen LogP contribution in [-0.4, -0.2) is 59.3 Å². The third-order valence-corrected chi connectivity index (χ3v) is 5.63. The number of hydrogen-bond donors (Lipinski definition) is 1. The highest BCUT2D eigenvalue weighted by molar-refractivity contribution is 5.65. The smallest absolute Gasteiger partial charge is 0.222 e. The summed E-state index contributed by atoms with van der Waals surface area (Å²) in [5.74, 6) is 2.93. The van der Waals surface area contributed by atoms with Crippen molar-refractivity contribution in [3.63, 3.8) is 0 Å². The highest BCUT2D eigenvalue weighted by atomic mass is 16.5. The molecule has 3 aromatic rings. The molecule has 0 aliphatic carbocycles. The Balaban J connectivity index is 1.93. The van der Waals surface area contributed by atoms with Gasteiger partial charge in [-0.15, -0.1) is 0 Å². The minimum Gasteiger partial charge on any atom is -0.497 e. The predicted molar refractivity (Wildman–Crippen MR) is 143 cm³/mol. The Labute approximate surface area is 215 Å². The lowest BCUT2D eigenvalue weighted by Gasteiger charge is -2.27. The molecule has 0 saturated carbocycles. The second-order valence-corrected chi connectivity index (χ2v) is 10.1. The molecule has 7 nitrogen and oxygen atoms in total. The molecule has 1 atom stereocenters. The van der Waals surface area contributed by atoms with Crippen molar-refractivity contribution in [2.45, 2.75) is 40.3 Å². The maximum Gasteiger partial charge on any atom is 0.222 e. The van der Waals surface area contributed by atoms with Crippen LogP contribution in [0, 0.1) is 11.8 Å². The van der Waals surface area contributed by atoms with E-state index < -0.39 is 6.10 Å². The summed E-state index contributed by atoms with van der Waals surface area (Å²) in [5, 5.41) is 15.6. The van der Waals surface area contributed by atoms with Crippen molar-refractivity contribution in [1.29, 1.82) is 0 Å². The lowest BCUT2D eigenvalue weighted by atomic mass is 10.1. The van der Waals surface area contributed by atoms with Gasteiger partial charge in [0.15, 0.2) is 0 Å². The molecular formula is C29H41N3O4. The highest BCUT2D eigenvalue weighted by Gasteiger charge is 2.24. The van der Waals surface area contributed by atoms with Crippen LogP contribution in [0.25, 0.3) is 11.3 Å². The van der Waals surface area contributed by atoms with Crippen LogP contribution in [0.4, 0.5) is 0 Å². The first-order valence-electron chi connectivity index (χ1n) is 12.7. The van der Waals surface area contributed by atoms with Crippen LogP contribution in [0.1, 0.15) is 33.3 Å². The third-order valence-electron chi connectivity index (χ3n) is 5.63. The molecule has 0 aliphatic heterocycles. The Kier molecular flexibility index (Phi) is 10.3. The normalized spacial score (nSPS) is 12.5. The van der Waals surface area contributed by atoms with Crippen molar-refractivity contribution in [2.75, 3.05) is 33.4 Å². The number of aromatic nitrogens is 2. The number of benzene rings is 2. The molecule has 0 bridgehead atoms. The quantitative estimate of drug-likeness (QED) is 0.324. The zero-order chi connectivity index (χ0) is 26.1. The van der Waals surface area contributed by atoms with Crippen LogP contribution >= 0.6 is 0 Å². The molecule has 1 unspecified atom stereocenters.